The summed E-state index contributed by atoms with van der Waals surface area (Å²) in [5, 5.41) is 3.85. The summed E-state index contributed by atoms with van der Waals surface area (Å²) in [6.07, 6.45) is 0. The van der Waals surface area contributed by atoms with Crippen LogP contribution in [0, 0.1) is 0 Å². The third-order valence-electron chi connectivity index (χ3n) is 3.73. The number of hydrogen-bond donors (Lipinski definition) is 1. The van der Waals surface area contributed by atoms with Gasteiger partial charge in [0.15, 0.2) is 11.6 Å². The van der Waals surface area contributed by atoms with Crippen molar-refractivity contribution in [2.75, 3.05) is 5.73 Å². The molecule has 0 radical (unpaired) electrons. The van der Waals surface area contributed by atoms with Gasteiger partial charge in [0.1, 0.15) is 0 Å². The van der Waals surface area contributed by atoms with Crippen LogP contribution in [0.5, 0.6) is 0 Å². The SMILES string of the molecule is CC1(C)c2onc(N)c2CN1Cc1ccccc1. The highest BCUT2D eigenvalue weighted by Gasteiger charge is 2.42. The van der Waals surface area contributed by atoms with Gasteiger partial charge < -0.3 is 10.3 Å². The van der Waals surface area contributed by atoms with Crippen molar-refractivity contribution in [1.82, 2.24) is 10.1 Å². The van der Waals surface area contributed by atoms with Crippen molar-refractivity contribution in [1.29, 1.82) is 0 Å². The monoisotopic (exact) mass is 243 g/mol. The maximum Gasteiger partial charge on any atom is 0.171 e. The van der Waals surface area contributed by atoms with Crippen LogP contribution in [0.3, 0.4) is 0 Å². The van der Waals surface area contributed by atoms with Crippen molar-refractivity contribution in [2.45, 2.75) is 32.5 Å². The quantitative estimate of drug-likeness (QED) is 0.880. The first-order valence-corrected chi connectivity index (χ1v) is 6.12. The van der Waals surface area contributed by atoms with Gasteiger partial charge in [-0.05, 0) is 19.4 Å². The minimum Gasteiger partial charge on any atom is -0.381 e. The van der Waals surface area contributed by atoms with E-state index in [9.17, 15) is 0 Å². The molecule has 18 heavy (non-hydrogen) atoms. The number of benzene rings is 1. The summed E-state index contributed by atoms with van der Waals surface area (Å²) < 4.78 is 5.37. The van der Waals surface area contributed by atoms with Crippen molar-refractivity contribution in [3.05, 3.63) is 47.2 Å². The number of hydrogen-bond acceptors (Lipinski definition) is 4. The average molecular weight is 243 g/mol. The summed E-state index contributed by atoms with van der Waals surface area (Å²) in [4.78, 5) is 2.36. The number of anilines is 1. The smallest absolute Gasteiger partial charge is 0.171 e. The molecule has 2 aromatic rings. The van der Waals surface area contributed by atoms with E-state index < -0.39 is 0 Å². The van der Waals surface area contributed by atoms with Crippen molar-refractivity contribution in [3.8, 4) is 0 Å². The fourth-order valence-electron chi connectivity index (χ4n) is 2.54. The lowest BCUT2D eigenvalue weighted by atomic mass is 10.0. The molecule has 0 saturated carbocycles. The van der Waals surface area contributed by atoms with Crippen LogP contribution in [-0.2, 0) is 18.6 Å². The molecule has 0 unspecified atom stereocenters. The molecule has 0 amide bonds. The molecule has 0 spiro atoms. The van der Waals surface area contributed by atoms with Gasteiger partial charge in [0.2, 0.25) is 0 Å². The van der Waals surface area contributed by atoms with E-state index in [4.69, 9.17) is 10.3 Å². The van der Waals surface area contributed by atoms with Crippen molar-refractivity contribution in [2.24, 2.45) is 0 Å². The Hall–Kier alpha value is -1.81. The molecule has 0 aliphatic carbocycles. The van der Waals surface area contributed by atoms with Crippen molar-refractivity contribution < 1.29 is 4.52 Å². The maximum atomic E-state index is 5.84. The van der Waals surface area contributed by atoms with Gasteiger partial charge in [0, 0.05) is 13.1 Å². The molecular weight excluding hydrogens is 226 g/mol. The molecule has 0 saturated heterocycles. The maximum absolute atomic E-state index is 5.84. The van der Waals surface area contributed by atoms with Crippen LogP contribution >= 0.6 is 0 Å². The second-order valence-corrected chi connectivity index (χ2v) is 5.28. The number of nitrogens with zero attached hydrogens (tertiary/aromatic N) is 2. The Kier molecular flexibility index (Phi) is 2.41. The van der Waals surface area contributed by atoms with Gasteiger partial charge in [-0.15, -0.1) is 0 Å². The van der Waals surface area contributed by atoms with E-state index in [1.807, 2.05) is 6.07 Å². The number of aromatic nitrogens is 1. The van der Waals surface area contributed by atoms with Gasteiger partial charge in [-0.25, -0.2) is 0 Å². The second kappa shape index (κ2) is 3.85. The van der Waals surface area contributed by atoms with Crippen LogP contribution in [0.15, 0.2) is 34.9 Å². The highest BCUT2D eigenvalue weighted by molar-refractivity contribution is 5.45. The molecule has 4 nitrogen and oxygen atoms in total. The normalized spacial score (nSPS) is 17.9. The fourth-order valence-corrected chi connectivity index (χ4v) is 2.54. The van der Waals surface area contributed by atoms with Crippen molar-refractivity contribution in [3.63, 3.8) is 0 Å². The molecule has 94 valence electrons. The molecule has 1 aromatic carbocycles. The molecule has 4 heteroatoms. The van der Waals surface area contributed by atoms with E-state index in [2.05, 4.69) is 48.2 Å². The van der Waals surface area contributed by atoms with Crippen LogP contribution in [-0.4, -0.2) is 10.1 Å². The lowest BCUT2D eigenvalue weighted by Crippen LogP contribution is -2.34. The Morgan fingerprint density at radius 3 is 2.72 bits per heavy atom. The highest BCUT2D eigenvalue weighted by atomic mass is 16.5. The Bertz CT molecular complexity index is 560. The summed E-state index contributed by atoms with van der Waals surface area (Å²) in [6, 6.07) is 10.4. The van der Waals surface area contributed by atoms with Crippen LogP contribution in [0.25, 0.3) is 0 Å². The third kappa shape index (κ3) is 1.61. The highest BCUT2D eigenvalue weighted by Crippen LogP contribution is 2.41. The zero-order chi connectivity index (χ0) is 12.8. The molecule has 0 bridgehead atoms. The van der Waals surface area contributed by atoms with Crippen LogP contribution in [0.4, 0.5) is 5.82 Å². The first-order valence-electron chi connectivity index (χ1n) is 6.12. The summed E-state index contributed by atoms with van der Waals surface area (Å²) >= 11 is 0. The van der Waals surface area contributed by atoms with Gasteiger partial charge in [-0.3, -0.25) is 4.90 Å². The first-order chi connectivity index (χ1) is 8.59. The van der Waals surface area contributed by atoms with Gasteiger partial charge in [0.25, 0.3) is 0 Å². The number of nitrogens with two attached hydrogens (primary N) is 1. The number of fused-ring (bicyclic) bond motifs is 1. The molecule has 1 aliphatic rings. The summed E-state index contributed by atoms with van der Waals surface area (Å²) in [5.74, 6) is 1.42. The molecule has 1 aromatic heterocycles. The Balaban J connectivity index is 1.89. The van der Waals surface area contributed by atoms with Gasteiger partial charge >= 0.3 is 0 Å². The predicted octanol–water partition coefficient (Wildman–Crippen LogP) is 2.51. The summed E-state index contributed by atoms with van der Waals surface area (Å²) in [5.41, 5.74) is 8.01. The topological polar surface area (TPSA) is 55.3 Å². The van der Waals surface area contributed by atoms with E-state index >= 15 is 0 Å². The van der Waals surface area contributed by atoms with Gasteiger partial charge in [-0.1, -0.05) is 35.5 Å². The second-order valence-electron chi connectivity index (χ2n) is 5.28. The minimum atomic E-state index is -0.157. The zero-order valence-electron chi connectivity index (χ0n) is 10.7. The third-order valence-corrected chi connectivity index (χ3v) is 3.73. The Morgan fingerprint density at radius 2 is 2.06 bits per heavy atom. The van der Waals surface area contributed by atoms with E-state index in [0.717, 1.165) is 24.4 Å². The van der Waals surface area contributed by atoms with Gasteiger partial charge in [0.05, 0.1) is 11.1 Å². The minimum absolute atomic E-state index is 0.157. The molecule has 2 N–H and O–H groups in total. The molecule has 1 aliphatic heterocycles. The molecular formula is C14H17N3O. The number of nitrogen functional groups attached to an aromatic ring is 1. The molecule has 2 heterocycles. The zero-order valence-corrected chi connectivity index (χ0v) is 10.7. The molecule has 0 atom stereocenters. The van der Waals surface area contributed by atoms with Crippen LogP contribution in [0.1, 0.15) is 30.7 Å². The molecule has 0 fully saturated rings. The van der Waals surface area contributed by atoms with E-state index in [-0.39, 0.29) is 5.54 Å². The van der Waals surface area contributed by atoms with E-state index in [0.29, 0.717) is 5.82 Å². The number of rotatable bonds is 2. The summed E-state index contributed by atoms with van der Waals surface area (Å²) in [6.45, 7) is 5.98. The van der Waals surface area contributed by atoms with Crippen molar-refractivity contribution >= 4 is 5.82 Å². The van der Waals surface area contributed by atoms with E-state index in [1.54, 1.807) is 0 Å². The van der Waals surface area contributed by atoms with Crippen LogP contribution in [0.2, 0.25) is 0 Å². The summed E-state index contributed by atoms with van der Waals surface area (Å²) in [7, 11) is 0. The lowest BCUT2D eigenvalue weighted by molar-refractivity contribution is 0.101. The lowest BCUT2D eigenvalue weighted by Gasteiger charge is -2.30. The largest absolute Gasteiger partial charge is 0.381 e. The standard InChI is InChI=1S/C14H17N3O/c1-14(2)12-11(13(15)16-18-12)9-17(14)8-10-6-4-3-5-7-10/h3-7H,8-9H2,1-2H3,(H2,15,16). The predicted molar refractivity (Wildman–Crippen MR) is 69.6 cm³/mol. The average Bonchev–Trinajstić information content (AvgIpc) is 2.82. The first kappa shape index (κ1) is 11.3. The van der Waals surface area contributed by atoms with Crippen LogP contribution < -0.4 is 5.73 Å². The Labute approximate surface area is 106 Å². The van der Waals surface area contributed by atoms with Gasteiger partial charge in [-0.2, -0.15) is 0 Å². The fraction of sp³-hybridized carbons (Fsp3) is 0.357. The molecule has 3 rings (SSSR count). The van der Waals surface area contributed by atoms with E-state index in [1.165, 1.54) is 5.56 Å². The Morgan fingerprint density at radius 1 is 1.33 bits per heavy atom.